The standard InChI is InChI=1S/C16H17N/c1-3-14-9-7-8-12-16(14)17-13(2)15-10-5-4-6-11-15/h4-12H,3H2,1-2H3. The number of hydrogen-bond donors (Lipinski definition) is 0. The molecule has 2 aromatic rings. The van der Waals surface area contributed by atoms with E-state index in [2.05, 4.69) is 44.2 Å². The largest absolute Gasteiger partial charge is 0.253 e. The third-order valence-electron chi connectivity index (χ3n) is 2.85. The van der Waals surface area contributed by atoms with E-state index in [1.807, 2.05) is 24.3 Å². The Morgan fingerprint density at radius 3 is 2.29 bits per heavy atom. The Kier molecular flexibility index (Phi) is 3.71. The highest BCUT2D eigenvalue weighted by Gasteiger charge is 2.00. The summed E-state index contributed by atoms with van der Waals surface area (Å²) in [6.07, 6.45) is 1.02. The molecule has 0 unspecified atom stereocenters. The van der Waals surface area contributed by atoms with Gasteiger partial charge in [-0.15, -0.1) is 0 Å². The van der Waals surface area contributed by atoms with E-state index < -0.39 is 0 Å². The van der Waals surface area contributed by atoms with Gasteiger partial charge in [0.25, 0.3) is 0 Å². The van der Waals surface area contributed by atoms with E-state index in [1.54, 1.807) is 0 Å². The zero-order valence-corrected chi connectivity index (χ0v) is 10.4. The second-order valence-electron chi connectivity index (χ2n) is 4.05. The van der Waals surface area contributed by atoms with Crippen molar-refractivity contribution < 1.29 is 0 Å². The lowest BCUT2D eigenvalue weighted by Crippen LogP contribution is -1.93. The van der Waals surface area contributed by atoms with Crippen molar-refractivity contribution >= 4 is 11.4 Å². The first-order valence-electron chi connectivity index (χ1n) is 6.00. The van der Waals surface area contributed by atoms with Crippen molar-refractivity contribution in [3.63, 3.8) is 0 Å². The lowest BCUT2D eigenvalue weighted by molar-refractivity contribution is 1.13. The maximum atomic E-state index is 4.72. The highest BCUT2D eigenvalue weighted by Crippen LogP contribution is 2.20. The number of rotatable bonds is 3. The molecule has 0 saturated heterocycles. The van der Waals surface area contributed by atoms with Crippen LogP contribution in [0.5, 0.6) is 0 Å². The average Bonchev–Trinajstić information content (AvgIpc) is 2.40. The Labute approximate surface area is 103 Å². The predicted molar refractivity (Wildman–Crippen MR) is 74.1 cm³/mol. The average molecular weight is 223 g/mol. The van der Waals surface area contributed by atoms with Crippen LogP contribution >= 0.6 is 0 Å². The number of benzene rings is 2. The first-order chi connectivity index (χ1) is 8.31. The zero-order valence-electron chi connectivity index (χ0n) is 10.4. The van der Waals surface area contributed by atoms with E-state index >= 15 is 0 Å². The van der Waals surface area contributed by atoms with E-state index in [9.17, 15) is 0 Å². The molecular formula is C16H17N. The summed E-state index contributed by atoms with van der Waals surface area (Å²) in [7, 11) is 0. The molecule has 0 radical (unpaired) electrons. The van der Waals surface area contributed by atoms with Gasteiger partial charge in [-0.2, -0.15) is 0 Å². The Bertz CT molecular complexity index is 512. The van der Waals surface area contributed by atoms with Gasteiger partial charge in [-0.05, 0) is 30.5 Å². The lowest BCUT2D eigenvalue weighted by atomic mass is 10.1. The van der Waals surface area contributed by atoms with Gasteiger partial charge in [-0.25, -0.2) is 0 Å². The van der Waals surface area contributed by atoms with Crippen molar-refractivity contribution in [3.8, 4) is 0 Å². The monoisotopic (exact) mass is 223 g/mol. The SMILES string of the molecule is CCc1ccccc1N=C(C)c1ccccc1. The van der Waals surface area contributed by atoms with E-state index in [0.717, 1.165) is 17.8 Å². The van der Waals surface area contributed by atoms with E-state index in [0.29, 0.717) is 0 Å². The van der Waals surface area contributed by atoms with Gasteiger partial charge in [0, 0.05) is 5.71 Å². The highest BCUT2D eigenvalue weighted by molar-refractivity contribution is 6.00. The van der Waals surface area contributed by atoms with E-state index in [-0.39, 0.29) is 0 Å². The minimum absolute atomic E-state index is 1.02. The number of nitrogens with zero attached hydrogens (tertiary/aromatic N) is 1. The summed E-state index contributed by atoms with van der Waals surface area (Å²) in [5.41, 5.74) is 4.61. The fourth-order valence-electron chi connectivity index (χ4n) is 1.84. The first kappa shape index (κ1) is 11.6. The maximum absolute atomic E-state index is 4.72. The molecule has 0 heterocycles. The molecule has 0 aliphatic carbocycles. The minimum atomic E-state index is 1.02. The van der Waals surface area contributed by atoms with Crippen LogP contribution in [0.25, 0.3) is 0 Å². The second kappa shape index (κ2) is 5.44. The summed E-state index contributed by atoms with van der Waals surface area (Å²) in [6, 6.07) is 18.6. The van der Waals surface area contributed by atoms with Crippen LogP contribution in [0, 0.1) is 0 Å². The molecule has 0 aliphatic rings. The van der Waals surface area contributed by atoms with Crippen LogP contribution in [-0.4, -0.2) is 5.71 Å². The maximum Gasteiger partial charge on any atom is 0.0664 e. The molecule has 0 aliphatic heterocycles. The minimum Gasteiger partial charge on any atom is -0.253 e. The summed E-state index contributed by atoms with van der Waals surface area (Å²) >= 11 is 0. The topological polar surface area (TPSA) is 12.4 Å². The van der Waals surface area contributed by atoms with Crippen LogP contribution < -0.4 is 0 Å². The molecule has 0 aromatic heterocycles. The summed E-state index contributed by atoms with van der Waals surface area (Å²) < 4.78 is 0. The van der Waals surface area contributed by atoms with Gasteiger partial charge in [-0.3, -0.25) is 4.99 Å². The van der Waals surface area contributed by atoms with Gasteiger partial charge in [-0.1, -0.05) is 55.5 Å². The van der Waals surface area contributed by atoms with Gasteiger partial charge in [0.05, 0.1) is 5.69 Å². The highest BCUT2D eigenvalue weighted by atomic mass is 14.7. The second-order valence-corrected chi connectivity index (χ2v) is 4.05. The molecule has 0 fully saturated rings. The Balaban J connectivity index is 2.36. The lowest BCUT2D eigenvalue weighted by Gasteiger charge is -2.05. The van der Waals surface area contributed by atoms with Gasteiger partial charge < -0.3 is 0 Å². The van der Waals surface area contributed by atoms with Crippen molar-refractivity contribution in [2.45, 2.75) is 20.3 Å². The molecule has 0 bridgehead atoms. The summed E-state index contributed by atoms with van der Waals surface area (Å²) in [6.45, 7) is 4.22. The Morgan fingerprint density at radius 1 is 0.941 bits per heavy atom. The first-order valence-corrected chi connectivity index (χ1v) is 6.00. The molecule has 0 amide bonds. The molecule has 0 N–H and O–H groups in total. The van der Waals surface area contributed by atoms with Crippen molar-refractivity contribution in [2.24, 2.45) is 4.99 Å². The number of aliphatic imine (C=N–C) groups is 1. The van der Waals surface area contributed by atoms with E-state index in [1.165, 1.54) is 11.1 Å². The molecule has 17 heavy (non-hydrogen) atoms. The quantitative estimate of drug-likeness (QED) is 0.684. The fourth-order valence-corrected chi connectivity index (χ4v) is 1.84. The Hall–Kier alpha value is -1.89. The van der Waals surface area contributed by atoms with Crippen LogP contribution in [0.1, 0.15) is 25.0 Å². The van der Waals surface area contributed by atoms with E-state index in [4.69, 9.17) is 4.99 Å². The normalized spacial score (nSPS) is 11.5. The van der Waals surface area contributed by atoms with Crippen molar-refractivity contribution in [1.82, 2.24) is 0 Å². The molecule has 0 atom stereocenters. The molecule has 0 spiro atoms. The summed E-state index contributed by atoms with van der Waals surface area (Å²) in [5.74, 6) is 0. The molecule has 2 rings (SSSR count). The summed E-state index contributed by atoms with van der Waals surface area (Å²) in [4.78, 5) is 4.72. The number of hydrogen-bond acceptors (Lipinski definition) is 1. The van der Waals surface area contributed by atoms with Crippen LogP contribution in [-0.2, 0) is 6.42 Å². The van der Waals surface area contributed by atoms with Gasteiger partial charge in [0.15, 0.2) is 0 Å². The van der Waals surface area contributed by atoms with Gasteiger partial charge in [0.1, 0.15) is 0 Å². The van der Waals surface area contributed by atoms with Crippen LogP contribution in [0.2, 0.25) is 0 Å². The van der Waals surface area contributed by atoms with Crippen LogP contribution in [0.15, 0.2) is 59.6 Å². The van der Waals surface area contributed by atoms with Crippen molar-refractivity contribution in [1.29, 1.82) is 0 Å². The number of aryl methyl sites for hydroxylation is 1. The summed E-state index contributed by atoms with van der Waals surface area (Å²) in [5, 5.41) is 0. The smallest absolute Gasteiger partial charge is 0.0664 e. The van der Waals surface area contributed by atoms with Crippen molar-refractivity contribution in [3.05, 3.63) is 65.7 Å². The molecular weight excluding hydrogens is 206 g/mol. The predicted octanol–water partition coefficient (Wildman–Crippen LogP) is 4.39. The third kappa shape index (κ3) is 2.82. The molecule has 1 nitrogen and oxygen atoms in total. The Morgan fingerprint density at radius 2 is 1.59 bits per heavy atom. The zero-order chi connectivity index (χ0) is 12.1. The number of para-hydroxylation sites is 1. The molecule has 1 heteroatoms. The third-order valence-corrected chi connectivity index (χ3v) is 2.85. The van der Waals surface area contributed by atoms with Gasteiger partial charge >= 0.3 is 0 Å². The molecule has 0 saturated carbocycles. The van der Waals surface area contributed by atoms with Crippen LogP contribution in [0.3, 0.4) is 0 Å². The molecule has 86 valence electrons. The fraction of sp³-hybridized carbons (Fsp3) is 0.188. The van der Waals surface area contributed by atoms with Gasteiger partial charge in [0.2, 0.25) is 0 Å². The molecule has 2 aromatic carbocycles. The van der Waals surface area contributed by atoms with Crippen molar-refractivity contribution in [2.75, 3.05) is 0 Å². The van der Waals surface area contributed by atoms with Crippen LogP contribution in [0.4, 0.5) is 5.69 Å².